The minimum Gasteiger partial charge on any atom is -0.378 e. The lowest BCUT2D eigenvalue weighted by Crippen LogP contribution is -2.47. The molecule has 1 aromatic rings. The van der Waals surface area contributed by atoms with Gasteiger partial charge in [-0.25, -0.2) is 0 Å². The van der Waals surface area contributed by atoms with Crippen molar-refractivity contribution in [2.24, 2.45) is 0 Å². The topological polar surface area (TPSA) is 33.3 Å². The molecule has 3 nitrogen and oxygen atoms in total. The third kappa shape index (κ3) is 1.98. The van der Waals surface area contributed by atoms with Crippen molar-refractivity contribution in [3.05, 3.63) is 35.4 Å². The maximum atomic E-state index is 5.22. The molecular formula is C13H18N2O. The van der Waals surface area contributed by atoms with E-state index in [0.717, 1.165) is 32.7 Å². The number of hydrogen-bond acceptors (Lipinski definition) is 3. The van der Waals surface area contributed by atoms with E-state index in [4.69, 9.17) is 4.74 Å². The molecule has 1 unspecified atom stereocenters. The van der Waals surface area contributed by atoms with Gasteiger partial charge in [0.25, 0.3) is 0 Å². The van der Waals surface area contributed by atoms with E-state index in [-0.39, 0.29) is 0 Å². The normalized spacial score (nSPS) is 25.6. The lowest BCUT2D eigenvalue weighted by Gasteiger charge is -2.31. The first-order valence-electron chi connectivity index (χ1n) is 6.06. The van der Waals surface area contributed by atoms with Crippen molar-refractivity contribution in [3.63, 3.8) is 0 Å². The second-order valence-corrected chi connectivity index (χ2v) is 4.62. The molecule has 3 rings (SSSR count). The molecule has 0 bridgehead atoms. The van der Waals surface area contributed by atoms with Crippen LogP contribution in [0.25, 0.3) is 0 Å². The smallest absolute Gasteiger partial charge is 0.0643 e. The second kappa shape index (κ2) is 4.53. The van der Waals surface area contributed by atoms with Crippen LogP contribution in [0.2, 0.25) is 0 Å². The van der Waals surface area contributed by atoms with Crippen LogP contribution in [0.15, 0.2) is 24.3 Å². The van der Waals surface area contributed by atoms with Crippen LogP contribution >= 0.6 is 0 Å². The minimum absolute atomic E-state index is 0.486. The Kier molecular flexibility index (Phi) is 2.91. The lowest BCUT2D eigenvalue weighted by molar-refractivity contribution is -0.0104. The van der Waals surface area contributed by atoms with Crippen molar-refractivity contribution >= 4 is 0 Å². The largest absolute Gasteiger partial charge is 0.378 e. The molecule has 0 aromatic heterocycles. The zero-order chi connectivity index (χ0) is 10.8. The minimum atomic E-state index is 0.486. The summed E-state index contributed by atoms with van der Waals surface area (Å²) in [6.07, 6.45) is 1.16. The van der Waals surface area contributed by atoms with E-state index in [2.05, 4.69) is 34.9 Å². The van der Waals surface area contributed by atoms with Gasteiger partial charge in [0.15, 0.2) is 0 Å². The number of hydrogen-bond donors (Lipinski definition) is 2. The molecule has 1 atom stereocenters. The lowest BCUT2D eigenvalue weighted by atomic mass is 9.98. The third-order valence-electron chi connectivity index (χ3n) is 3.43. The summed E-state index contributed by atoms with van der Waals surface area (Å²) in [5.74, 6) is 0. The fourth-order valence-corrected chi connectivity index (χ4v) is 2.45. The van der Waals surface area contributed by atoms with Crippen LogP contribution in [-0.4, -0.2) is 25.8 Å². The van der Waals surface area contributed by atoms with Crippen molar-refractivity contribution in [2.45, 2.75) is 25.0 Å². The first kappa shape index (κ1) is 10.3. The van der Waals surface area contributed by atoms with Crippen LogP contribution < -0.4 is 10.6 Å². The maximum Gasteiger partial charge on any atom is 0.0643 e. The highest BCUT2D eigenvalue weighted by molar-refractivity contribution is 5.31. The molecule has 2 N–H and O–H groups in total. The summed E-state index contributed by atoms with van der Waals surface area (Å²) in [4.78, 5) is 0. The molecule has 1 fully saturated rings. The fraction of sp³-hybridized carbons (Fsp3) is 0.538. The van der Waals surface area contributed by atoms with Gasteiger partial charge in [-0.2, -0.15) is 0 Å². The molecule has 0 spiro atoms. The predicted octanol–water partition coefficient (Wildman–Crippen LogP) is 1.21. The Hall–Kier alpha value is -0.900. The van der Waals surface area contributed by atoms with Gasteiger partial charge >= 0.3 is 0 Å². The first-order valence-corrected chi connectivity index (χ1v) is 6.06. The third-order valence-corrected chi connectivity index (χ3v) is 3.43. The van der Waals surface area contributed by atoms with Crippen LogP contribution in [-0.2, 0) is 11.3 Å². The number of nitrogens with one attached hydrogen (secondary N) is 2. The molecule has 0 saturated carbocycles. The Morgan fingerprint density at radius 1 is 1.25 bits per heavy atom. The van der Waals surface area contributed by atoms with Gasteiger partial charge in [0.05, 0.1) is 19.3 Å². The van der Waals surface area contributed by atoms with Gasteiger partial charge in [-0.05, 0) is 24.1 Å². The van der Waals surface area contributed by atoms with Gasteiger partial charge < -0.3 is 15.4 Å². The van der Waals surface area contributed by atoms with Gasteiger partial charge in [-0.15, -0.1) is 0 Å². The Morgan fingerprint density at radius 2 is 2.12 bits per heavy atom. The summed E-state index contributed by atoms with van der Waals surface area (Å²) in [6.45, 7) is 3.81. The fourth-order valence-electron chi connectivity index (χ4n) is 2.45. The Bertz CT molecular complexity index is 363. The van der Waals surface area contributed by atoms with E-state index in [0.29, 0.717) is 12.1 Å². The molecule has 2 aliphatic heterocycles. The van der Waals surface area contributed by atoms with E-state index < -0.39 is 0 Å². The molecule has 86 valence electrons. The van der Waals surface area contributed by atoms with Crippen LogP contribution in [0.4, 0.5) is 0 Å². The summed E-state index contributed by atoms with van der Waals surface area (Å²) >= 11 is 0. The molecule has 3 heteroatoms. The standard InChI is InChI=1S/C13H18N2O/c1-2-4-12-10(3-1)7-14-6-5-13(12)15-11-8-16-9-11/h1-4,11,13-15H,5-9H2. The molecule has 2 heterocycles. The highest BCUT2D eigenvalue weighted by Crippen LogP contribution is 2.24. The molecule has 1 saturated heterocycles. The Morgan fingerprint density at radius 3 is 2.94 bits per heavy atom. The number of benzene rings is 1. The summed E-state index contributed by atoms with van der Waals surface area (Å²) in [6, 6.07) is 9.76. The second-order valence-electron chi connectivity index (χ2n) is 4.62. The van der Waals surface area contributed by atoms with Crippen LogP contribution in [0, 0.1) is 0 Å². The molecule has 0 radical (unpaired) electrons. The molecule has 16 heavy (non-hydrogen) atoms. The van der Waals surface area contributed by atoms with E-state index >= 15 is 0 Å². The predicted molar refractivity (Wildman–Crippen MR) is 63.2 cm³/mol. The molecule has 0 amide bonds. The molecular weight excluding hydrogens is 200 g/mol. The summed E-state index contributed by atoms with van der Waals surface area (Å²) in [5.41, 5.74) is 2.89. The zero-order valence-corrected chi connectivity index (χ0v) is 9.41. The maximum absolute atomic E-state index is 5.22. The van der Waals surface area contributed by atoms with Crippen molar-refractivity contribution in [1.82, 2.24) is 10.6 Å². The van der Waals surface area contributed by atoms with E-state index in [1.54, 1.807) is 0 Å². The van der Waals surface area contributed by atoms with Crippen molar-refractivity contribution in [1.29, 1.82) is 0 Å². The average molecular weight is 218 g/mol. The van der Waals surface area contributed by atoms with Crippen LogP contribution in [0.3, 0.4) is 0 Å². The first-order chi connectivity index (χ1) is 7.93. The van der Waals surface area contributed by atoms with Crippen LogP contribution in [0.5, 0.6) is 0 Å². The number of ether oxygens (including phenoxy) is 1. The summed E-state index contributed by atoms with van der Waals surface area (Å²) in [7, 11) is 0. The monoisotopic (exact) mass is 218 g/mol. The zero-order valence-electron chi connectivity index (χ0n) is 9.41. The SMILES string of the molecule is c1ccc2c(c1)CNCCC2NC1COC1. The van der Waals surface area contributed by atoms with Crippen molar-refractivity contribution in [3.8, 4) is 0 Å². The Labute approximate surface area is 96.2 Å². The quantitative estimate of drug-likeness (QED) is 0.783. The van der Waals surface area contributed by atoms with E-state index in [1.807, 2.05) is 0 Å². The number of fused-ring (bicyclic) bond motifs is 1. The van der Waals surface area contributed by atoms with Crippen LogP contribution in [0.1, 0.15) is 23.6 Å². The average Bonchev–Trinajstić information content (AvgIpc) is 2.46. The summed E-state index contributed by atoms with van der Waals surface area (Å²) < 4.78 is 5.22. The highest BCUT2D eigenvalue weighted by Gasteiger charge is 2.24. The molecule has 1 aromatic carbocycles. The van der Waals surface area contributed by atoms with Gasteiger partial charge in [-0.1, -0.05) is 24.3 Å². The van der Waals surface area contributed by atoms with E-state index in [1.165, 1.54) is 11.1 Å². The Balaban J connectivity index is 1.81. The van der Waals surface area contributed by atoms with E-state index in [9.17, 15) is 0 Å². The van der Waals surface area contributed by atoms with Gasteiger partial charge in [0.2, 0.25) is 0 Å². The van der Waals surface area contributed by atoms with Crippen molar-refractivity contribution in [2.75, 3.05) is 19.8 Å². The molecule has 0 aliphatic carbocycles. The number of rotatable bonds is 2. The van der Waals surface area contributed by atoms with Crippen molar-refractivity contribution < 1.29 is 4.74 Å². The van der Waals surface area contributed by atoms with Gasteiger partial charge in [-0.3, -0.25) is 0 Å². The molecule has 2 aliphatic rings. The summed E-state index contributed by atoms with van der Waals surface area (Å²) in [5, 5.41) is 7.16. The van der Waals surface area contributed by atoms with Gasteiger partial charge in [0.1, 0.15) is 0 Å². The highest BCUT2D eigenvalue weighted by atomic mass is 16.5. The van der Waals surface area contributed by atoms with Gasteiger partial charge in [0, 0.05) is 12.6 Å².